The number of para-hydroxylation sites is 2. The molecule has 0 atom stereocenters. The molecule has 0 saturated carbocycles. The lowest BCUT2D eigenvalue weighted by atomic mass is 10.2. The fourth-order valence-electron chi connectivity index (χ4n) is 2.78. The van der Waals surface area contributed by atoms with E-state index in [-0.39, 0.29) is 0 Å². The van der Waals surface area contributed by atoms with Gasteiger partial charge in [0, 0.05) is 17.1 Å². The molecule has 1 heterocycles. The monoisotopic (exact) mass is 399 g/mol. The quantitative estimate of drug-likeness (QED) is 0.374. The molecule has 0 spiro atoms. The van der Waals surface area contributed by atoms with Crippen LogP contribution in [0.25, 0.3) is 0 Å². The molecule has 0 aliphatic rings. The van der Waals surface area contributed by atoms with Crippen LogP contribution in [-0.4, -0.2) is 15.0 Å². The maximum atomic E-state index is 4.60. The van der Waals surface area contributed by atoms with Crippen LogP contribution in [0.1, 0.15) is 11.1 Å². The minimum absolute atomic E-state index is 0.511. The minimum atomic E-state index is 0.511. The SMILES string of the molecule is Cc1cccc(CSc2nc(Nc3ccccc3)nc(Nc3ccccc3)n2)c1. The van der Waals surface area contributed by atoms with Crippen LogP contribution in [0.3, 0.4) is 0 Å². The van der Waals surface area contributed by atoms with Crippen LogP contribution in [0.2, 0.25) is 0 Å². The molecule has 5 nitrogen and oxygen atoms in total. The average molecular weight is 400 g/mol. The molecule has 1 aromatic heterocycles. The van der Waals surface area contributed by atoms with Gasteiger partial charge in [-0.2, -0.15) is 15.0 Å². The lowest BCUT2D eigenvalue weighted by molar-refractivity contribution is 0.920. The number of nitrogens with one attached hydrogen (secondary N) is 2. The molecule has 6 heteroatoms. The summed E-state index contributed by atoms with van der Waals surface area (Å²) >= 11 is 1.59. The zero-order chi connectivity index (χ0) is 19.9. The zero-order valence-electron chi connectivity index (χ0n) is 16.0. The summed E-state index contributed by atoms with van der Waals surface area (Å²) in [6.07, 6.45) is 0. The molecule has 0 aliphatic carbocycles. The van der Waals surface area contributed by atoms with Gasteiger partial charge in [-0.15, -0.1) is 0 Å². The highest BCUT2D eigenvalue weighted by Crippen LogP contribution is 2.24. The molecule has 4 aromatic rings. The van der Waals surface area contributed by atoms with Gasteiger partial charge >= 0.3 is 0 Å². The lowest BCUT2D eigenvalue weighted by Crippen LogP contribution is -2.05. The first-order chi connectivity index (χ1) is 14.2. The Balaban J connectivity index is 1.58. The van der Waals surface area contributed by atoms with Crippen molar-refractivity contribution in [2.45, 2.75) is 17.8 Å². The third-order valence-electron chi connectivity index (χ3n) is 4.13. The highest BCUT2D eigenvalue weighted by Gasteiger charge is 2.09. The Labute approximate surface area is 174 Å². The second-order valence-electron chi connectivity index (χ2n) is 6.52. The number of aryl methyl sites for hydroxylation is 1. The summed E-state index contributed by atoms with van der Waals surface area (Å²) in [5.74, 6) is 1.81. The average Bonchev–Trinajstić information content (AvgIpc) is 2.74. The predicted molar refractivity (Wildman–Crippen MR) is 120 cm³/mol. The summed E-state index contributed by atoms with van der Waals surface area (Å²) in [4.78, 5) is 13.7. The Morgan fingerprint density at radius 2 is 1.28 bits per heavy atom. The van der Waals surface area contributed by atoms with E-state index in [9.17, 15) is 0 Å². The van der Waals surface area contributed by atoms with E-state index in [2.05, 4.69) is 56.8 Å². The fourth-order valence-corrected chi connectivity index (χ4v) is 3.56. The van der Waals surface area contributed by atoms with Crippen LogP contribution in [0.4, 0.5) is 23.3 Å². The third kappa shape index (κ3) is 5.56. The molecule has 29 heavy (non-hydrogen) atoms. The number of hydrogen-bond acceptors (Lipinski definition) is 6. The smallest absolute Gasteiger partial charge is 0.233 e. The molecule has 0 unspecified atom stereocenters. The highest BCUT2D eigenvalue weighted by molar-refractivity contribution is 7.98. The largest absolute Gasteiger partial charge is 0.324 e. The van der Waals surface area contributed by atoms with Gasteiger partial charge in [0.15, 0.2) is 5.16 Å². The number of thioether (sulfide) groups is 1. The van der Waals surface area contributed by atoms with Crippen LogP contribution < -0.4 is 10.6 Å². The van der Waals surface area contributed by atoms with Crippen molar-refractivity contribution in [3.8, 4) is 0 Å². The fraction of sp³-hybridized carbons (Fsp3) is 0.0870. The van der Waals surface area contributed by atoms with E-state index in [1.807, 2.05) is 60.7 Å². The van der Waals surface area contributed by atoms with Gasteiger partial charge in [0.2, 0.25) is 11.9 Å². The summed E-state index contributed by atoms with van der Waals surface area (Å²) in [7, 11) is 0. The Morgan fingerprint density at radius 3 is 1.83 bits per heavy atom. The Hall–Kier alpha value is -3.38. The maximum Gasteiger partial charge on any atom is 0.233 e. The lowest BCUT2D eigenvalue weighted by Gasteiger charge is -2.10. The molecule has 4 rings (SSSR count). The second kappa shape index (κ2) is 9.21. The molecule has 0 fully saturated rings. The maximum absolute atomic E-state index is 4.60. The van der Waals surface area contributed by atoms with Crippen molar-refractivity contribution in [2.75, 3.05) is 10.6 Å². The number of hydrogen-bond donors (Lipinski definition) is 2. The molecule has 0 amide bonds. The molecular formula is C23H21N5S. The van der Waals surface area contributed by atoms with Gasteiger partial charge in [-0.1, -0.05) is 78.0 Å². The van der Waals surface area contributed by atoms with Crippen molar-refractivity contribution in [1.29, 1.82) is 0 Å². The van der Waals surface area contributed by atoms with Gasteiger partial charge in [-0.25, -0.2) is 0 Å². The number of anilines is 4. The van der Waals surface area contributed by atoms with Crippen molar-refractivity contribution in [1.82, 2.24) is 15.0 Å². The van der Waals surface area contributed by atoms with Gasteiger partial charge in [0.25, 0.3) is 0 Å². The van der Waals surface area contributed by atoms with Gasteiger partial charge in [-0.05, 0) is 36.8 Å². The number of nitrogens with zero attached hydrogens (tertiary/aromatic N) is 3. The molecule has 144 valence electrons. The van der Waals surface area contributed by atoms with E-state index < -0.39 is 0 Å². The van der Waals surface area contributed by atoms with Crippen molar-refractivity contribution in [3.63, 3.8) is 0 Å². The summed E-state index contributed by atoms with van der Waals surface area (Å²) in [6, 6.07) is 28.2. The summed E-state index contributed by atoms with van der Waals surface area (Å²) in [5, 5.41) is 7.19. The van der Waals surface area contributed by atoms with Crippen LogP contribution >= 0.6 is 11.8 Å². The molecule has 0 aliphatic heterocycles. The predicted octanol–water partition coefficient (Wildman–Crippen LogP) is 5.96. The van der Waals surface area contributed by atoms with E-state index in [1.54, 1.807) is 11.8 Å². The van der Waals surface area contributed by atoms with Crippen LogP contribution in [0.15, 0.2) is 90.1 Å². The van der Waals surface area contributed by atoms with Crippen LogP contribution in [0, 0.1) is 6.92 Å². The van der Waals surface area contributed by atoms with E-state index in [0.29, 0.717) is 17.1 Å². The van der Waals surface area contributed by atoms with Crippen molar-refractivity contribution in [2.24, 2.45) is 0 Å². The van der Waals surface area contributed by atoms with E-state index in [0.717, 1.165) is 17.1 Å². The Morgan fingerprint density at radius 1 is 0.690 bits per heavy atom. The molecule has 3 aromatic carbocycles. The van der Waals surface area contributed by atoms with Crippen LogP contribution in [0.5, 0.6) is 0 Å². The topological polar surface area (TPSA) is 62.7 Å². The molecule has 0 radical (unpaired) electrons. The summed E-state index contributed by atoms with van der Waals surface area (Å²) in [6.45, 7) is 2.10. The van der Waals surface area contributed by atoms with Gasteiger partial charge in [-0.3, -0.25) is 0 Å². The first-order valence-electron chi connectivity index (χ1n) is 9.33. The number of aromatic nitrogens is 3. The van der Waals surface area contributed by atoms with Gasteiger partial charge in [0.1, 0.15) is 0 Å². The van der Waals surface area contributed by atoms with Crippen molar-refractivity contribution >= 4 is 35.0 Å². The molecule has 2 N–H and O–H groups in total. The molecular weight excluding hydrogens is 378 g/mol. The molecule has 0 bridgehead atoms. The molecule has 0 saturated heterocycles. The first kappa shape index (κ1) is 19.0. The van der Waals surface area contributed by atoms with E-state index >= 15 is 0 Å². The first-order valence-corrected chi connectivity index (χ1v) is 10.3. The zero-order valence-corrected chi connectivity index (χ0v) is 16.9. The third-order valence-corrected chi connectivity index (χ3v) is 5.04. The number of rotatable bonds is 7. The highest BCUT2D eigenvalue weighted by atomic mass is 32.2. The van der Waals surface area contributed by atoms with Crippen LogP contribution in [-0.2, 0) is 5.75 Å². The van der Waals surface area contributed by atoms with Gasteiger partial charge in [0.05, 0.1) is 0 Å². The normalized spacial score (nSPS) is 10.5. The summed E-state index contributed by atoms with van der Waals surface area (Å²) < 4.78 is 0. The minimum Gasteiger partial charge on any atom is -0.324 e. The van der Waals surface area contributed by atoms with E-state index in [4.69, 9.17) is 0 Å². The van der Waals surface area contributed by atoms with E-state index in [1.165, 1.54) is 11.1 Å². The second-order valence-corrected chi connectivity index (χ2v) is 7.47. The number of benzene rings is 3. The van der Waals surface area contributed by atoms with Gasteiger partial charge < -0.3 is 10.6 Å². The van der Waals surface area contributed by atoms with Crippen molar-refractivity contribution in [3.05, 3.63) is 96.1 Å². The summed E-state index contributed by atoms with van der Waals surface area (Å²) in [5.41, 5.74) is 4.35. The van der Waals surface area contributed by atoms with Crippen molar-refractivity contribution < 1.29 is 0 Å². The Bertz CT molecular complexity index is 1010. The Kier molecular flexibility index (Phi) is 6.02. The standard InChI is InChI=1S/C23H21N5S/c1-17-9-8-10-18(15-17)16-29-23-27-21(24-19-11-4-2-5-12-19)26-22(28-23)25-20-13-6-3-7-14-20/h2-15H,16H2,1H3,(H2,24,25,26,27,28).